The summed E-state index contributed by atoms with van der Waals surface area (Å²) in [6.07, 6.45) is 5.10. The highest BCUT2D eigenvalue weighted by Gasteiger charge is 2.39. The summed E-state index contributed by atoms with van der Waals surface area (Å²) in [5.74, 6) is 0.771. The zero-order valence-electron chi connectivity index (χ0n) is 12.9. The number of carbonyl (C=O) groups is 1. The summed E-state index contributed by atoms with van der Waals surface area (Å²) in [4.78, 5) is 17.5. The van der Waals surface area contributed by atoms with Crippen LogP contribution in [-0.4, -0.2) is 36.1 Å². The lowest BCUT2D eigenvalue weighted by atomic mass is 9.95. The van der Waals surface area contributed by atoms with E-state index in [0.717, 1.165) is 29.2 Å². The molecule has 3 atom stereocenters. The van der Waals surface area contributed by atoms with E-state index in [0.29, 0.717) is 17.0 Å². The summed E-state index contributed by atoms with van der Waals surface area (Å²) in [5.41, 5.74) is 0.968. The van der Waals surface area contributed by atoms with Crippen molar-refractivity contribution in [1.29, 1.82) is 0 Å². The maximum absolute atomic E-state index is 12.5. The molecule has 4 rings (SSSR count). The van der Waals surface area contributed by atoms with Crippen molar-refractivity contribution in [2.45, 2.75) is 37.4 Å². The standard InChI is InChI=1S/C17H19N3O2S/c1-22-12-4-2-3-10(7-12)17-18-9-15(23-17)16(21)20-14-8-11-5-6-13(14)19-11/h2-4,7,9,11,13-14,19H,5-6,8H2,1H3,(H,20,21). The number of nitrogens with one attached hydrogen (secondary N) is 2. The summed E-state index contributed by atoms with van der Waals surface area (Å²) in [6, 6.07) is 9.00. The van der Waals surface area contributed by atoms with Crippen LogP contribution in [0.2, 0.25) is 0 Å². The summed E-state index contributed by atoms with van der Waals surface area (Å²) >= 11 is 1.42. The number of fused-ring (bicyclic) bond motifs is 2. The molecule has 5 nitrogen and oxygen atoms in total. The largest absolute Gasteiger partial charge is 0.497 e. The van der Waals surface area contributed by atoms with Crippen LogP contribution in [0.5, 0.6) is 5.75 Å². The number of hydrogen-bond donors (Lipinski definition) is 2. The molecule has 1 aromatic carbocycles. The number of nitrogens with zero attached hydrogens (tertiary/aromatic N) is 1. The molecule has 1 aromatic heterocycles. The minimum absolute atomic E-state index is 0.0176. The molecule has 2 aliphatic heterocycles. The van der Waals surface area contributed by atoms with Gasteiger partial charge in [0.05, 0.1) is 13.3 Å². The number of aromatic nitrogens is 1. The topological polar surface area (TPSA) is 63.2 Å². The Morgan fingerprint density at radius 3 is 3.09 bits per heavy atom. The van der Waals surface area contributed by atoms with Crippen molar-refractivity contribution in [3.05, 3.63) is 35.3 Å². The van der Waals surface area contributed by atoms with Crippen LogP contribution in [0.3, 0.4) is 0 Å². The van der Waals surface area contributed by atoms with Crippen molar-refractivity contribution in [3.63, 3.8) is 0 Å². The molecule has 120 valence electrons. The van der Waals surface area contributed by atoms with Crippen LogP contribution < -0.4 is 15.4 Å². The van der Waals surface area contributed by atoms with Crippen LogP contribution in [0.25, 0.3) is 10.6 Å². The molecule has 0 radical (unpaired) electrons. The minimum Gasteiger partial charge on any atom is -0.497 e. The highest BCUT2D eigenvalue weighted by atomic mass is 32.1. The molecule has 0 aliphatic carbocycles. The van der Waals surface area contributed by atoms with E-state index in [1.165, 1.54) is 17.8 Å². The Bertz CT molecular complexity index is 730. The van der Waals surface area contributed by atoms with Gasteiger partial charge in [0.15, 0.2) is 0 Å². The second-order valence-electron chi connectivity index (χ2n) is 6.12. The van der Waals surface area contributed by atoms with Crippen molar-refractivity contribution >= 4 is 17.2 Å². The van der Waals surface area contributed by atoms with Crippen LogP contribution in [0, 0.1) is 0 Å². The van der Waals surface area contributed by atoms with Gasteiger partial charge in [0.25, 0.3) is 5.91 Å². The van der Waals surface area contributed by atoms with Gasteiger partial charge in [0, 0.05) is 23.7 Å². The lowest BCUT2D eigenvalue weighted by Gasteiger charge is -2.20. The van der Waals surface area contributed by atoms with Crippen molar-refractivity contribution in [3.8, 4) is 16.3 Å². The normalized spacial score (nSPS) is 25.5. The number of rotatable bonds is 4. The van der Waals surface area contributed by atoms with E-state index in [-0.39, 0.29) is 11.9 Å². The van der Waals surface area contributed by atoms with Crippen molar-refractivity contribution < 1.29 is 9.53 Å². The molecular formula is C17H19N3O2S. The first-order chi connectivity index (χ1) is 11.2. The highest BCUT2D eigenvalue weighted by Crippen LogP contribution is 2.30. The maximum Gasteiger partial charge on any atom is 0.263 e. The number of thiazole rings is 1. The Hall–Kier alpha value is -1.92. The number of hydrogen-bond acceptors (Lipinski definition) is 5. The second-order valence-corrected chi connectivity index (χ2v) is 7.16. The molecule has 2 fully saturated rings. The molecule has 2 aliphatic rings. The molecule has 2 N–H and O–H groups in total. The van der Waals surface area contributed by atoms with E-state index in [2.05, 4.69) is 15.6 Å². The molecule has 2 saturated heterocycles. The van der Waals surface area contributed by atoms with Gasteiger partial charge in [-0.1, -0.05) is 12.1 Å². The Kier molecular flexibility index (Phi) is 3.79. The minimum atomic E-state index is -0.0176. The first kappa shape index (κ1) is 14.7. The lowest BCUT2D eigenvalue weighted by Crippen LogP contribution is -2.42. The van der Waals surface area contributed by atoms with Gasteiger partial charge in [0.2, 0.25) is 0 Å². The number of methoxy groups -OCH3 is 1. The van der Waals surface area contributed by atoms with E-state index in [1.807, 2.05) is 24.3 Å². The molecule has 3 heterocycles. The first-order valence-electron chi connectivity index (χ1n) is 7.90. The molecule has 6 heteroatoms. The Labute approximate surface area is 139 Å². The van der Waals surface area contributed by atoms with Gasteiger partial charge in [-0.15, -0.1) is 11.3 Å². The van der Waals surface area contributed by atoms with E-state index in [9.17, 15) is 4.79 Å². The highest BCUT2D eigenvalue weighted by molar-refractivity contribution is 7.16. The van der Waals surface area contributed by atoms with Crippen molar-refractivity contribution in [2.24, 2.45) is 0 Å². The predicted molar refractivity (Wildman–Crippen MR) is 89.9 cm³/mol. The van der Waals surface area contributed by atoms with Crippen LogP contribution in [0.4, 0.5) is 0 Å². The molecule has 23 heavy (non-hydrogen) atoms. The fourth-order valence-corrected chi connectivity index (χ4v) is 4.31. The number of carbonyl (C=O) groups excluding carboxylic acids is 1. The third-order valence-corrected chi connectivity index (χ3v) is 5.71. The van der Waals surface area contributed by atoms with E-state index in [4.69, 9.17) is 4.74 Å². The summed E-state index contributed by atoms with van der Waals surface area (Å²) < 4.78 is 5.24. The third-order valence-electron chi connectivity index (χ3n) is 4.66. The van der Waals surface area contributed by atoms with Crippen LogP contribution in [0.1, 0.15) is 28.9 Å². The summed E-state index contributed by atoms with van der Waals surface area (Å²) in [7, 11) is 1.64. The van der Waals surface area contributed by atoms with Crippen molar-refractivity contribution in [1.82, 2.24) is 15.6 Å². The smallest absolute Gasteiger partial charge is 0.263 e. The predicted octanol–water partition coefficient (Wildman–Crippen LogP) is 2.44. The average molecular weight is 329 g/mol. The van der Waals surface area contributed by atoms with Gasteiger partial charge in [-0.25, -0.2) is 4.98 Å². The molecule has 0 saturated carbocycles. The average Bonchev–Trinajstić information content (AvgIpc) is 3.31. The molecule has 2 bridgehead atoms. The quantitative estimate of drug-likeness (QED) is 0.904. The molecule has 1 amide bonds. The molecule has 3 unspecified atom stereocenters. The summed E-state index contributed by atoms with van der Waals surface area (Å²) in [5, 5.41) is 7.53. The zero-order valence-corrected chi connectivity index (χ0v) is 13.7. The first-order valence-corrected chi connectivity index (χ1v) is 8.72. The Morgan fingerprint density at radius 2 is 2.35 bits per heavy atom. The summed E-state index contributed by atoms with van der Waals surface area (Å²) in [6.45, 7) is 0. The van der Waals surface area contributed by atoms with E-state index < -0.39 is 0 Å². The Balaban J connectivity index is 1.47. The second kappa shape index (κ2) is 5.94. The van der Waals surface area contributed by atoms with E-state index >= 15 is 0 Å². The van der Waals surface area contributed by atoms with Gasteiger partial charge in [0.1, 0.15) is 15.6 Å². The van der Waals surface area contributed by atoms with Crippen molar-refractivity contribution in [2.75, 3.05) is 7.11 Å². The molecule has 2 aromatic rings. The van der Waals surface area contributed by atoms with Gasteiger partial charge in [-0.3, -0.25) is 4.79 Å². The Morgan fingerprint density at radius 1 is 1.43 bits per heavy atom. The lowest BCUT2D eigenvalue weighted by molar-refractivity contribution is 0.0935. The van der Waals surface area contributed by atoms with Gasteiger partial charge < -0.3 is 15.4 Å². The fourth-order valence-electron chi connectivity index (χ4n) is 3.49. The maximum atomic E-state index is 12.5. The van der Waals surface area contributed by atoms with Gasteiger partial charge in [-0.2, -0.15) is 0 Å². The molecule has 0 spiro atoms. The number of amides is 1. The number of benzene rings is 1. The number of ether oxygens (including phenoxy) is 1. The van der Waals surface area contributed by atoms with Gasteiger partial charge >= 0.3 is 0 Å². The SMILES string of the molecule is COc1cccc(-c2ncc(C(=O)NC3CC4CCC3N4)s2)c1. The zero-order chi connectivity index (χ0) is 15.8. The third kappa shape index (κ3) is 2.84. The van der Waals surface area contributed by atoms with E-state index in [1.54, 1.807) is 13.3 Å². The van der Waals surface area contributed by atoms with Gasteiger partial charge in [-0.05, 0) is 31.4 Å². The van der Waals surface area contributed by atoms with Crippen LogP contribution in [-0.2, 0) is 0 Å². The molecular weight excluding hydrogens is 310 g/mol. The fraction of sp³-hybridized carbons (Fsp3) is 0.412. The monoisotopic (exact) mass is 329 g/mol. The van der Waals surface area contributed by atoms with Crippen LogP contribution in [0.15, 0.2) is 30.5 Å². The van der Waals surface area contributed by atoms with Crippen LogP contribution >= 0.6 is 11.3 Å².